The van der Waals surface area contributed by atoms with E-state index in [0.29, 0.717) is 24.3 Å². The van der Waals surface area contributed by atoms with E-state index in [1.807, 2.05) is 32.0 Å². The second-order valence-electron chi connectivity index (χ2n) is 4.63. The van der Waals surface area contributed by atoms with Crippen molar-refractivity contribution in [3.63, 3.8) is 0 Å². The summed E-state index contributed by atoms with van der Waals surface area (Å²) in [4.78, 5) is 0. The Morgan fingerprint density at radius 1 is 1.11 bits per heavy atom. The molecule has 0 saturated carbocycles. The molecule has 2 rings (SSSR count). The second kappa shape index (κ2) is 5.85. The van der Waals surface area contributed by atoms with Gasteiger partial charge in [-0.1, -0.05) is 18.2 Å². The minimum absolute atomic E-state index is 0.270. The fourth-order valence-electron chi connectivity index (χ4n) is 1.96. The van der Waals surface area contributed by atoms with Gasteiger partial charge in [-0.05, 0) is 56.1 Å². The summed E-state index contributed by atoms with van der Waals surface area (Å²) >= 11 is 0. The summed E-state index contributed by atoms with van der Waals surface area (Å²) in [6.45, 7) is 4.36. The molecule has 100 valence electrons. The third-order valence-corrected chi connectivity index (χ3v) is 3.03. The lowest BCUT2D eigenvalue weighted by Gasteiger charge is -2.13. The van der Waals surface area contributed by atoms with E-state index in [-0.39, 0.29) is 5.82 Å². The molecule has 0 saturated heterocycles. The molecule has 2 aromatic rings. The van der Waals surface area contributed by atoms with Crippen molar-refractivity contribution >= 4 is 0 Å². The van der Waals surface area contributed by atoms with Gasteiger partial charge in [0.05, 0.1) is 0 Å². The van der Waals surface area contributed by atoms with E-state index in [1.54, 1.807) is 12.1 Å². The average molecular weight is 259 g/mol. The topological polar surface area (TPSA) is 35.2 Å². The van der Waals surface area contributed by atoms with Gasteiger partial charge in [-0.25, -0.2) is 4.39 Å². The van der Waals surface area contributed by atoms with Gasteiger partial charge in [0, 0.05) is 5.56 Å². The first kappa shape index (κ1) is 13.6. The van der Waals surface area contributed by atoms with Gasteiger partial charge in [0.2, 0.25) is 0 Å². The van der Waals surface area contributed by atoms with E-state index in [9.17, 15) is 4.39 Å². The molecule has 0 aromatic heterocycles. The minimum atomic E-state index is -0.270. The van der Waals surface area contributed by atoms with Crippen molar-refractivity contribution in [2.24, 2.45) is 5.73 Å². The Bertz CT molecular complexity index is 581. The first-order valence-corrected chi connectivity index (χ1v) is 6.34. The molecule has 0 heterocycles. The van der Waals surface area contributed by atoms with Crippen LogP contribution in [0.25, 0.3) is 0 Å². The number of halogens is 1. The van der Waals surface area contributed by atoms with Gasteiger partial charge in [0.1, 0.15) is 17.3 Å². The molecule has 3 heteroatoms. The van der Waals surface area contributed by atoms with Gasteiger partial charge in [-0.3, -0.25) is 0 Å². The Morgan fingerprint density at radius 3 is 2.63 bits per heavy atom. The largest absolute Gasteiger partial charge is 0.457 e. The van der Waals surface area contributed by atoms with Crippen LogP contribution in [0.2, 0.25) is 0 Å². The van der Waals surface area contributed by atoms with Crippen molar-refractivity contribution in [3.8, 4) is 11.5 Å². The number of hydrogen-bond acceptors (Lipinski definition) is 2. The summed E-state index contributed by atoms with van der Waals surface area (Å²) in [5.41, 5.74) is 8.19. The van der Waals surface area contributed by atoms with Crippen LogP contribution in [0.5, 0.6) is 11.5 Å². The van der Waals surface area contributed by atoms with E-state index >= 15 is 0 Å². The molecule has 2 nitrogen and oxygen atoms in total. The second-order valence-corrected chi connectivity index (χ2v) is 4.63. The van der Waals surface area contributed by atoms with E-state index in [0.717, 1.165) is 16.9 Å². The van der Waals surface area contributed by atoms with Gasteiger partial charge in [-0.15, -0.1) is 0 Å². The van der Waals surface area contributed by atoms with E-state index in [2.05, 4.69) is 0 Å². The van der Waals surface area contributed by atoms with Gasteiger partial charge in [0.15, 0.2) is 0 Å². The van der Waals surface area contributed by atoms with Crippen molar-refractivity contribution in [1.29, 1.82) is 0 Å². The lowest BCUT2D eigenvalue weighted by molar-refractivity contribution is 0.463. The maximum atomic E-state index is 13.8. The molecule has 0 aliphatic rings. The predicted octanol–water partition coefficient (Wildman–Crippen LogP) is 3.74. The van der Waals surface area contributed by atoms with Crippen LogP contribution in [0.15, 0.2) is 36.4 Å². The minimum Gasteiger partial charge on any atom is -0.457 e. The molecule has 0 aliphatic heterocycles. The Labute approximate surface area is 113 Å². The Kier molecular flexibility index (Phi) is 4.17. The third kappa shape index (κ3) is 3.12. The highest BCUT2D eigenvalue weighted by Gasteiger charge is 2.10. The third-order valence-electron chi connectivity index (χ3n) is 3.03. The van der Waals surface area contributed by atoms with Crippen LogP contribution in [-0.4, -0.2) is 6.54 Å². The highest BCUT2D eigenvalue weighted by atomic mass is 19.1. The average Bonchev–Trinajstić information content (AvgIpc) is 2.38. The number of nitrogens with two attached hydrogens (primary N) is 1. The van der Waals surface area contributed by atoms with Crippen LogP contribution < -0.4 is 10.5 Å². The molecule has 0 radical (unpaired) electrons. The molecule has 0 unspecified atom stereocenters. The lowest BCUT2D eigenvalue weighted by Crippen LogP contribution is -2.06. The predicted molar refractivity (Wildman–Crippen MR) is 75.1 cm³/mol. The Balaban J connectivity index is 2.37. The number of hydrogen-bond donors (Lipinski definition) is 1. The van der Waals surface area contributed by atoms with E-state index in [1.165, 1.54) is 6.07 Å². The van der Waals surface area contributed by atoms with Crippen LogP contribution in [0.1, 0.15) is 16.7 Å². The molecule has 0 aliphatic carbocycles. The molecule has 0 fully saturated rings. The van der Waals surface area contributed by atoms with E-state index < -0.39 is 0 Å². The summed E-state index contributed by atoms with van der Waals surface area (Å²) in [6.07, 6.45) is 0.465. The van der Waals surface area contributed by atoms with Gasteiger partial charge >= 0.3 is 0 Å². The van der Waals surface area contributed by atoms with E-state index in [4.69, 9.17) is 10.5 Å². The molecule has 0 bridgehead atoms. The molecular formula is C16H18FNO. The zero-order chi connectivity index (χ0) is 13.8. The van der Waals surface area contributed by atoms with Gasteiger partial charge < -0.3 is 10.5 Å². The highest BCUT2D eigenvalue weighted by Crippen LogP contribution is 2.30. The quantitative estimate of drug-likeness (QED) is 0.907. The number of ether oxygens (including phenoxy) is 1. The summed E-state index contributed by atoms with van der Waals surface area (Å²) in [5.74, 6) is 1.02. The normalized spacial score (nSPS) is 10.5. The van der Waals surface area contributed by atoms with Crippen LogP contribution in [0, 0.1) is 19.7 Å². The number of benzene rings is 2. The maximum absolute atomic E-state index is 13.8. The lowest BCUT2D eigenvalue weighted by atomic mass is 10.1. The standard InChI is InChI=1S/C16H18FNO/c1-11-6-7-12(2)16(10-11)19-15-5-3-4-14(17)13(15)8-9-18/h3-7,10H,8-9,18H2,1-2H3. The highest BCUT2D eigenvalue weighted by molar-refractivity contribution is 5.43. The van der Waals surface area contributed by atoms with Crippen LogP contribution in [-0.2, 0) is 6.42 Å². The summed E-state index contributed by atoms with van der Waals surface area (Å²) in [7, 11) is 0. The maximum Gasteiger partial charge on any atom is 0.133 e. The van der Waals surface area contributed by atoms with Gasteiger partial charge in [-0.2, -0.15) is 0 Å². The van der Waals surface area contributed by atoms with Crippen molar-refractivity contribution in [2.45, 2.75) is 20.3 Å². The van der Waals surface area contributed by atoms with Gasteiger partial charge in [0.25, 0.3) is 0 Å². The molecule has 19 heavy (non-hydrogen) atoms. The fourth-order valence-corrected chi connectivity index (χ4v) is 1.96. The van der Waals surface area contributed by atoms with Crippen LogP contribution in [0.4, 0.5) is 4.39 Å². The smallest absolute Gasteiger partial charge is 0.133 e. The zero-order valence-electron chi connectivity index (χ0n) is 11.2. The zero-order valence-corrected chi connectivity index (χ0v) is 11.2. The Morgan fingerprint density at radius 2 is 1.89 bits per heavy atom. The molecular weight excluding hydrogens is 241 g/mol. The SMILES string of the molecule is Cc1ccc(C)c(Oc2cccc(F)c2CCN)c1. The Hall–Kier alpha value is -1.87. The summed E-state index contributed by atoms with van der Waals surface area (Å²) in [5, 5.41) is 0. The first-order chi connectivity index (χ1) is 9.11. The number of aryl methyl sites for hydroxylation is 2. The molecule has 0 spiro atoms. The molecule has 2 aromatic carbocycles. The molecule has 2 N–H and O–H groups in total. The number of rotatable bonds is 4. The van der Waals surface area contributed by atoms with Crippen molar-refractivity contribution in [1.82, 2.24) is 0 Å². The van der Waals surface area contributed by atoms with Crippen molar-refractivity contribution < 1.29 is 9.13 Å². The monoisotopic (exact) mass is 259 g/mol. The van der Waals surface area contributed by atoms with Crippen LogP contribution >= 0.6 is 0 Å². The summed E-state index contributed by atoms with van der Waals surface area (Å²) < 4.78 is 19.6. The van der Waals surface area contributed by atoms with Crippen LogP contribution in [0.3, 0.4) is 0 Å². The molecule has 0 amide bonds. The summed E-state index contributed by atoms with van der Waals surface area (Å²) in [6, 6.07) is 10.8. The first-order valence-electron chi connectivity index (χ1n) is 6.34. The van der Waals surface area contributed by atoms with Crippen molar-refractivity contribution in [3.05, 3.63) is 58.9 Å². The fraction of sp³-hybridized carbons (Fsp3) is 0.250. The molecule has 0 atom stereocenters. The van der Waals surface area contributed by atoms with Crippen molar-refractivity contribution in [2.75, 3.05) is 6.54 Å².